The third-order valence-electron chi connectivity index (χ3n) is 4.11. The first kappa shape index (κ1) is 21.7. The van der Waals surface area contributed by atoms with Gasteiger partial charge in [0.05, 0.1) is 17.2 Å². The molecule has 0 aliphatic heterocycles. The monoisotopic (exact) mass is 438 g/mol. The van der Waals surface area contributed by atoms with Crippen LogP contribution in [0.2, 0.25) is 0 Å². The minimum absolute atomic E-state index is 0.00109. The Morgan fingerprint density at radius 2 is 2.00 bits per heavy atom. The molecule has 0 radical (unpaired) electrons. The molecule has 0 spiro atoms. The minimum atomic E-state index is -2.92. The minimum Gasteiger partial charge on any atom is -0.463 e. The highest BCUT2D eigenvalue weighted by atomic mass is 32.1. The van der Waals surface area contributed by atoms with Gasteiger partial charge in [0.15, 0.2) is 0 Å². The largest absolute Gasteiger partial charge is 0.463 e. The molecule has 1 aliphatic carbocycles. The van der Waals surface area contributed by atoms with E-state index in [1.165, 1.54) is 34.9 Å². The summed E-state index contributed by atoms with van der Waals surface area (Å²) in [5.74, 6) is -0.926. The van der Waals surface area contributed by atoms with Crippen LogP contribution in [0.5, 0.6) is 5.75 Å². The Labute approximate surface area is 174 Å². The van der Waals surface area contributed by atoms with E-state index < -0.39 is 18.1 Å². The van der Waals surface area contributed by atoms with Crippen molar-refractivity contribution < 1.29 is 27.8 Å². The smallest absolute Gasteiger partial charge is 0.387 e. The lowest BCUT2D eigenvalue weighted by Gasteiger charge is -2.04. The Balaban J connectivity index is 1.95. The topological polar surface area (TPSA) is 86.6 Å². The fourth-order valence-corrected chi connectivity index (χ4v) is 3.65. The average Bonchev–Trinajstić information content (AvgIpc) is 3.45. The summed E-state index contributed by atoms with van der Waals surface area (Å²) in [4.78, 5) is 36.9. The van der Waals surface area contributed by atoms with Gasteiger partial charge in [-0.2, -0.15) is 8.78 Å². The van der Waals surface area contributed by atoms with Gasteiger partial charge in [-0.1, -0.05) is 12.1 Å². The standard InChI is InChI=1S/C20H20F2N2O5S/c1-2-28-18(26)10-17-24(11-16(25)23-13-5-6-13)19(27)15(30-17)9-12-3-7-14(8-4-12)29-20(21)22/h3-4,7-10,13,20H,2,5-6,11H2,1H3,(H,23,25)/b15-9-,17-10+. The van der Waals surface area contributed by atoms with E-state index in [1.54, 1.807) is 13.0 Å². The zero-order chi connectivity index (χ0) is 21.7. The number of esters is 1. The third kappa shape index (κ3) is 5.99. The van der Waals surface area contributed by atoms with Gasteiger partial charge >= 0.3 is 12.6 Å². The highest BCUT2D eigenvalue weighted by Crippen LogP contribution is 2.18. The molecule has 160 valence electrons. The average molecular weight is 438 g/mol. The summed E-state index contributed by atoms with van der Waals surface area (Å²) in [6, 6.07) is 5.91. The quantitative estimate of drug-likeness (QED) is 0.621. The molecule has 1 aromatic carbocycles. The van der Waals surface area contributed by atoms with E-state index in [2.05, 4.69) is 10.1 Å². The van der Waals surface area contributed by atoms with Crippen molar-refractivity contribution in [2.45, 2.75) is 39.0 Å². The van der Waals surface area contributed by atoms with Crippen LogP contribution in [0.4, 0.5) is 8.78 Å². The van der Waals surface area contributed by atoms with Gasteiger partial charge in [0, 0.05) is 6.04 Å². The number of carbonyl (C=O) groups excluding carboxylic acids is 2. The first-order valence-corrected chi connectivity index (χ1v) is 10.1. The van der Waals surface area contributed by atoms with Crippen LogP contribution in [-0.4, -0.2) is 35.7 Å². The number of aromatic nitrogens is 1. The summed E-state index contributed by atoms with van der Waals surface area (Å²) in [6.07, 6.45) is 4.56. The van der Waals surface area contributed by atoms with Gasteiger partial charge < -0.3 is 14.8 Å². The number of alkyl halides is 2. The van der Waals surface area contributed by atoms with Crippen LogP contribution in [0, 0.1) is 0 Å². The molecule has 1 N–H and O–H groups in total. The van der Waals surface area contributed by atoms with E-state index in [9.17, 15) is 23.2 Å². The van der Waals surface area contributed by atoms with Crippen molar-refractivity contribution in [3.05, 3.63) is 49.4 Å². The van der Waals surface area contributed by atoms with Gasteiger partial charge in [-0.15, -0.1) is 11.3 Å². The van der Waals surface area contributed by atoms with Crippen molar-refractivity contribution in [2.75, 3.05) is 6.61 Å². The van der Waals surface area contributed by atoms with Crippen LogP contribution in [-0.2, 0) is 20.9 Å². The molecular weight excluding hydrogens is 418 g/mol. The first-order valence-electron chi connectivity index (χ1n) is 9.30. The molecule has 0 atom stereocenters. The van der Waals surface area contributed by atoms with Gasteiger partial charge in [-0.25, -0.2) is 4.79 Å². The van der Waals surface area contributed by atoms with Crippen molar-refractivity contribution in [2.24, 2.45) is 0 Å². The molecule has 1 aromatic heterocycles. The normalized spacial score (nSPS) is 14.8. The zero-order valence-corrected chi connectivity index (χ0v) is 16.9. The summed E-state index contributed by atoms with van der Waals surface area (Å²) in [5.41, 5.74) is 0.140. The summed E-state index contributed by atoms with van der Waals surface area (Å²) >= 11 is 1.03. The van der Waals surface area contributed by atoms with Gasteiger partial charge in [-0.05, 0) is 43.5 Å². The second-order valence-electron chi connectivity index (χ2n) is 6.53. The van der Waals surface area contributed by atoms with E-state index in [0.717, 1.165) is 24.2 Å². The third-order valence-corrected chi connectivity index (χ3v) is 5.17. The number of halogens is 2. The lowest BCUT2D eigenvalue weighted by atomic mass is 10.2. The van der Waals surface area contributed by atoms with E-state index in [-0.39, 0.29) is 40.0 Å². The summed E-state index contributed by atoms with van der Waals surface area (Å²) < 4.78 is 35.5. The number of amides is 1. The number of hydrogen-bond donors (Lipinski definition) is 1. The van der Waals surface area contributed by atoms with Gasteiger partial charge in [0.25, 0.3) is 5.56 Å². The maximum absolute atomic E-state index is 12.8. The fourth-order valence-electron chi connectivity index (χ4n) is 2.62. The van der Waals surface area contributed by atoms with Crippen LogP contribution in [0.3, 0.4) is 0 Å². The Morgan fingerprint density at radius 1 is 1.30 bits per heavy atom. The van der Waals surface area contributed by atoms with Crippen molar-refractivity contribution >= 4 is 35.4 Å². The SMILES string of the molecule is CCOC(=O)/C=c1/s/c(=C\c2ccc(OC(F)F)cc2)c(=O)n1CC(=O)NC1CC1. The highest BCUT2D eigenvalue weighted by molar-refractivity contribution is 7.07. The first-order chi connectivity index (χ1) is 14.4. The number of nitrogens with one attached hydrogen (secondary N) is 1. The number of rotatable bonds is 8. The number of nitrogens with zero attached hydrogens (tertiary/aromatic N) is 1. The van der Waals surface area contributed by atoms with Gasteiger partial charge in [0.1, 0.15) is 17.0 Å². The Hall–Kier alpha value is -3.01. The summed E-state index contributed by atoms with van der Waals surface area (Å²) in [5, 5.41) is 2.81. The van der Waals surface area contributed by atoms with Crippen LogP contribution >= 0.6 is 11.3 Å². The predicted molar refractivity (Wildman–Crippen MR) is 107 cm³/mol. The number of ether oxygens (including phenoxy) is 2. The predicted octanol–water partition coefficient (Wildman–Crippen LogP) is 0.962. The van der Waals surface area contributed by atoms with Crippen LogP contribution in [0.1, 0.15) is 25.3 Å². The molecule has 0 bridgehead atoms. The van der Waals surface area contributed by atoms with Crippen LogP contribution in [0.25, 0.3) is 12.2 Å². The van der Waals surface area contributed by atoms with Crippen molar-refractivity contribution in [3.63, 3.8) is 0 Å². The summed E-state index contributed by atoms with van der Waals surface area (Å²) in [6.45, 7) is -1.30. The molecule has 30 heavy (non-hydrogen) atoms. The molecule has 10 heteroatoms. The Bertz CT molecular complexity index is 1090. The van der Waals surface area contributed by atoms with E-state index in [0.29, 0.717) is 5.56 Å². The molecule has 7 nitrogen and oxygen atoms in total. The van der Waals surface area contributed by atoms with Crippen LogP contribution < -0.4 is 24.8 Å². The highest BCUT2D eigenvalue weighted by Gasteiger charge is 2.23. The van der Waals surface area contributed by atoms with E-state index >= 15 is 0 Å². The lowest BCUT2D eigenvalue weighted by Crippen LogP contribution is -2.39. The molecule has 1 saturated carbocycles. The zero-order valence-electron chi connectivity index (χ0n) is 16.1. The molecule has 1 fully saturated rings. The maximum Gasteiger partial charge on any atom is 0.387 e. The van der Waals surface area contributed by atoms with E-state index in [1.807, 2.05) is 0 Å². The summed E-state index contributed by atoms with van der Waals surface area (Å²) in [7, 11) is 0. The molecule has 1 aliphatic rings. The number of hydrogen-bond acceptors (Lipinski definition) is 6. The fraction of sp³-hybridized carbons (Fsp3) is 0.350. The number of benzene rings is 1. The molecule has 2 aromatic rings. The number of carbonyl (C=O) groups is 2. The van der Waals surface area contributed by atoms with Crippen molar-refractivity contribution in [1.29, 1.82) is 0 Å². The Morgan fingerprint density at radius 3 is 2.60 bits per heavy atom. The maximum atomic E-state index is 12.8. The molecule has 1 amide bonds. The van der Waals surface area contributed by atoms with Crippen molar-refractivity contribution in [3.8, 4) is 5.75 Å². The van der Waals surface area contributed by atoms with E-state index in [4.69, 9.17) is 4.74 Å². The molecule has 3 rings (SSSR count). The second kappa shape index (κ2) is 9.66. The molecule has 1 heterocycles. The van der Waals surface area contributed by atoms with Gasteiger partial charge in [0.2, 0.25) is 5.91 Å². The molecular formula is C20H20F2N2O5S. The molecule has 0 unspecified atom stereocenters. The lowest BCUT2D eigenvalue weighted by molar-refractivity contribution is -0.135. The van der Waals surface area contributed by atoms with Crippen molar-refractivity contribution in [1.82, 2.24) is 9.88 Å². The second-order valence-corrected chi connectivity index (χ2v) is 7.59. The Kier molecular flexibility index (Phi) is 6.99. The number of thiazole rings is 1. The van der Waals surface area contributed by atoms with Crippen LogP contribution in [0.15, 0.2) is 29.1 Å². The van der Waals surface area contributed by atoms with Gasteiger partial charge in [-0.3, -0.25) is 14.2 Å². The molecule has 0 saturated heterocycles.